The average molecular weight is 291 g/mol. The summed E-state index contributed by atoms with van der Waals surface area (Å²) < 4.78 is 14.9. The largest absolute Gasteiger partial charge is 0.399 e. The molecule has 0 saturated carbocycles. The van der Waals surface area contributed by atoms with E-state index in [-0.39, 0.29) is 24.2 Å². The summed E-state index contributed by atoms with van der Waals surface area (Å²) >= 11 is 0. The number of carbonyl (C=O) groups is 2. The molecule has 2 rings (SSSR count). The molecule has 2 aromatic rings. The quantitative estimate of drug-likeness (QED) is 0.704. The molecule has 1 heterocycles. The van der Waals surface area contributed by atoms with Crippen molar-refractivity contribution in [1.29, 1.82) is 0 Å². The number of nitrogen functional groups attached to an aromatic ring is 1. The summed E-state index contributed by atoms with van der Waals surface area (Å²) in [4.78, 5) is 22.6. The summed E-state index contributed by atoms with van der Waals surface area (Å²) in [5.41, 5.74) is 11.3. The number of rotatable bonds is 5. The second-order valence-electron chi connectivity index (χ2n) is 4.39. The lowest BCUT2D eigenvalue weighted by molar-refractivity contribution is -0.116. The second-order valence-corrected chi connectivity index (χ2v) is 4.39. The highest BCUT2D eigenvalue weighted by molar-refractivity contribution is 5.92. The molecular formula is C13H14FN5O2. The van der Waals surface area contributed by atoms with E-state index in [4.69, 9.17) is 11.5 Å². The first-order chi connectivity index (χ1) is 9.95. The molecule has 0 bridgehead atoms. The Kier molecular flexibility index (Phi) is 4.17. The minimum Gasteiger partial charge on any atom is -0.399 e. The number of amides is 2. The summed E-state index contributed by atoms with van der Waals surface area (Å²) in [6.45, 7) is 0.239. The van der Waals surface area contributed by atoms with Crippen LogP contribution in [-0.2, 0) is 11.3 Å². The highest BCUT2D eigenvalue weighted by atomic mass is 19.1. The number of aryl methyl sites for hydroxylation is 1. The number of nitrogens with one attached hydrogen (secondary N) is 1. The standard InChI is InChI=1S/C13H14FN5O2/c14-10-2-1-9(15)5-11(10)18-12(20)3-4-19-7-8(6-17-19)13(16)21/h1-2,5-7H,3-4,15H2,(H2,16,21)(H,18,20). The Hall–Kier alpha value is -2.90. The topological polar surface area (TPSA) is 116 Å². The Balaban J connectivity index is 1.92. The lowest BCUT2D eigenvalue weighted by Crippen LogP contribution is -2.16. The predicted molar refractivity (Wildman–Crippen MR) is 74.8 cm³/mol. The van der Waals surface area contributed by atoms with Crippen LogP contribution in [0.25, 0.3) is 0 Å². The Bertz CT molecular complexity index is 683. The van der Waals surface area contributed by atoms with Crippen LogP contribution < -0.4 is 16.8 Å². The monoisotopic (exact) mass is 291 g/mol. The first-order valence-electron chi connectivity index (χ1n) is 6.13. The molecule has 0 atom stereocenters. The van der Waals surface area contributed by atoms with Crippen molar-refractivity contribution < 1.29 is 14.0 Å². The Morgan fingerprint density at radius 3 is 2.81 bits per heavy atom. The maximum Gasteiger partial charge on any atom is 0.251 e. The van der Waals surface area contributed by atoms with Crippen molar-refractivity contribution in [3.63, 3.8) is 0 Å². The van der Waals surface area contributed by atoms with E-state index < -0.39 is 17.6 Å². The van der Waals surface area contributed by atoms with Crippen molar-refractivity contribution in [1.82, 2.24) is 9.78 Å². The first kappa shape index (κ1) is 14.5. The van der Waals surface area contributed by atoms with Crippen LogP contribution in [0.1, 0.15) is 16.8 Å². The van der Waals surface area contributed by atoms with Gasteiger partial charge in [0.05, 0.1) is 17.4 Å². The van der Waals surface area contributed by atoms with Gasteiger partial charge in [-0.05, 0) is 18.2 Å². The van der Waals surface area contributed by atoms with Gasteiger partial charge in [0, 0.05) is 24.8 Å². The van der Waals surface area contributed by atoms with Gasteiger partial charge < -0.3 is 16.8 Å². The van der Waals surface area contributed by atoms with Gasteiger partial charge in [-0.25, -0.2) is 4.39 Å². The maximum atomic E-state index is 13.4. The van der Waals surface area contributed by atoms with E-state index >= 15 is 0 Å². The average Bonchev–Trinajstić information content (AvgIpc) is 2.90. The Morgan fingerprint density at radius 2 is 2.14 bits per heavy atom. The molecule has 0 aliphatic carbocycles. The zero-order valence-electron chi connectivity index (χ0n) is 11.0. The summed E-state index contributed by atoms with van der Waals surface area (Å²) in [5, 5.41) is 6.31. The van der Waals surface area contributed by atoms with E-state index in [0.29, 0.717) is 5.69 Å². The predicted octanol–water partition coefficient (Wildman–Crippen LogP) is 0.732. The maximum absolute atomic E-state index is 13.4. The zero-order chi connectivity index (χ0) is 15.4. The molecule has 0 spiro atoms. The highest BCUT2D eigenvalue weighted by Crippen LogP contribution is 2.17. The number of benzene rings is 1. The van der Waals surface area contributed by atoms with E-state index in [1.165, 1.54) is 35.3 Å². The van der Waals surface area contributed by atoms with Gasteiger partial charge in [-0.1, -0.05) is 0 Å². The molecule has 0 fully saturated rings. The molecule has 5 N–H and O–H groups in total. The van der Waals surface area contributed by atoms with Crippen molar-refractivity contribution >= 4 is 23.2 Å². The van der Waals surface area contributed by atoms with Crippen molar-refractivity contribution in [2.75, 3.05) is 11.1 Å². The fraction of sp³-hybridized carbons (Fsp3) is 0.154. The van der Waals surface area contributed by atoms with Crippen LogP contribution in [0.2, 0.25) is 0 Å². The third-order valence-corrected chi connectivity index (χ3v) is 2.75. The third-order valence-electron chi connectivity index (χ3n) is 2.75. The molecule has 1 aromatic carbocycles. The normalized spacial score (nSPS) is 10.3. The van der Waals surface area contributed by atoms with E-state index in [2.05, 4.69) is 10.4 Å². The molecular weight excluding hydrogens is 277 g/mol. The Labute approximate surface area is 119 Å². The molecule has 1 aromatic heterocycles. The number of anilines is 2. The van der Waals surface area contributed by atoms with Gasteiger partial charge in [-0.3, -0.25) is 14.3 Å². The Morgan fingerprint density at radius 1 is 1.38 bits per heavy atom. The molecule has 0 saturated heterocycles. The van der Waals surface area contributed by atoms with Gasteiger partial charge in [0.25, 0.3) is 5.91 Å². The van der Waals surface area contributed by atoms with Gasteiger partial charge in [-0.15, -0.1) is 0 Å². The highest BCUT2D eigenvalue weighted by Gasteiger charge is 2.09. The number of hydrogen-bond donors (Lipinski definition) is 3. The van der Waals surface area contributed by atoms with Crippen molar-refractivity contribution in [2.24, 2.45) is 5.73 Å². The summed E-state index contributed by atoms with van der Waals surface area (Å²) in [6, 6.07) is 3.92. The second kappa shape index (κ2) is 6.04. The molecule has 0 aliphatic rings. The first-order valence-corrected chi connectivity index (χ1v) is 6.13. The lowest BCUT2D eigenvalue weighted by atomic mass is 10.2. The number of nitrogens with zero attached hydrogens (tertiary/aromatic N) is 2. The van der Waals surface area contributed by atoms with Gasteiger partial charge >= 0.3 is 0 Å². The molecule has 8 heteroatoms. The minimum absolute atomic E-state index is 0.0262. The number of primary amides is 1. The van der Waals surface area contributed by atoms with Crippen molar-refractivity contribution in [3.05, 3.63) is 42.0 Å². The van der Waals surface area contributed by atoms with Crippen molar-refractivity contribution in [2.45, 2.75) is 13.0 Å². The van der Waals surface area contributed by atoms with Crippen LogP contribution in [0, 0.1) is 5.82 Å². The van der Waals surface area contributed by atoms with Crippen LogP contribution >= 0.6 is 0 Å². The van der Waals surface area contributed by atoms with E-state index in [1.54, 1.807) is 0 Å². The van der Waals surface area contributed by atoms with E-state index in [0.717, 1.165) is 0 Å². The van der Waals surface area contributed by atoms with E-state index in [1.807, 2.05) is 0 Å². The lowest BCUT2D eigenvalue weighted by Gasteiger charge is -2.07. The summed E-state index contributed by atoms with van der Waals surface area (Å²) in [6.07, 6.45) is 2.82. The molecule has 0 aliphatic heterocycles. The molecule has 2 amide bonds. The fourth-order valence-corrected chi connectivity index (χ4v) is 1.68. The molecule has 21 heavy (non-hydrogen) atoms. The summed E-state index contributed by atoms with van der Waals surface area (Å²) in [7, 11) is 0. The molecule has 0 unspecified atom stereocenters. The van der Waals surface area contributed by atoms with Gasteiger partial charge in [-0.2, -0.15) is 5.10 Å². The van der Waals surface area contributed by atoms with Gasteiger partial charge in [0.1, 0.15) is 5.82 Å². The third kappa shape index (κ3) is 3.78. The van der Waals surface area contributed by atoms with E-state index in [9.17, 15) is 14.0 Å². The van der Waals surface area contributed by atoms with Crippen LogP contribution in [0.4, 0.5) is 15.8 Å². The number of carbonyl (C=O) groups excluding carboxylic acids is 2. The molecule has 0 radical (unpaired) electrons. The minimum atomic E-state index is -0.590. The van der Waals surface area contributed by atoms with Gasteiger partial charge in [0.15, 0.2) is 0 Å². The SMILES string of the molecule is NC(=O)c1cnn(CCC(=O)Nc2cc(N)ccc2F)c1. The molecule has 110 valence electrons. The number of halogens is 1. The smallest absolute Gasteiger partial charge is 0.251 e. The zero-order valence-corrected chi connectivity index (χ0v) is 11.0. The van der Waals surface area contributed by atoms with Gasteiger partial charge in [0.2, 0.25) is 5.91 Å². The van der Waals surface area contributed by atoms with Crippen LogP contribution in [0.3, 0.4) is 0 Å². The van der Waals surface area contributed by atoms with Crippen LogP contribution in [0.5, 0.6) is 0 Å². The summed E-state index contributed by atoms with van der Waals surface area (Å²) in [5.74, 6) is -1.55. The van der Waals surface area contributed by atoms with Crippen molar-refractivity contribution in [3.8, 4) is 0 Å². The number of aromatic nitrogens is 2. The van der Waals surface area contributed by atoms with Crippen LogP contribution in [-0.4, -0.2) is 21.6 Å². The fourth-order valence-electron chi connectivity index (χ4n) is 1.68. The molecule has 7 nitrogen and oxygen atoms in total. The van der Waals surface area contributed by atoms with Crippen LogP contribution in [0.15, 0.2) is 30.6 Å². The number of hydrogen-bond acceptors (Lipinski definition) is 4. The number of nitrogens with two attached hydrogens (primary N) is 2.